The quantitative estimate of drug-likeness (QED) is 0.117. The minimum atomic E-state index is -4.55. The molecule has 190 valence electrons. The van der Waals surface area contributed by atoms with Gasteiger partial charge < -0.3 is 9.47 Å². The van der Waals surface area contributed by atoms with Crippen LogP contribution in [0.2, 0.25) is 0 Å². The largest absolute Gasteiger partial charge is 0.462 e. The van der Waals surface area contributed by atoms with Crippen molar-refractivity contribution in [2.45, 2.75) is 83.0 Å². The number of benzene rings is 1. The first-order valence-electron chi connectivity index (χ1n) is 12.1. The highest BCUT2D eigenvalue weighted by atomic mass is 32.2. The molecular formula is C26H38O7S. The summed E-state index contributed by atoms with van der Waals surface area (Å²) in [6.45, 7) is 4.49. The van der Waals surface area contributed by atoms with Crippen molar-refractivity contribution in [2.75, 3.05) is 13.2 Å². The van der Waals surface area contributed by atoms with Gasteiger partial charge in [-0.25, -0.2) is 9.59 Å². The van der Waals surface area contributed by atoms with Crippen molar-refractivity contribution in [1.82, 2.24) is 0 Å². The molecule has 0 unspecified atom stereocenters. The van der Waals surface area contributed by atoms with Crippen LogP contribution in [-0.2, 0) is 19.6 Å². The third kappa shape index (κ3) is 12.1. The molecule has 1 aromatic rings. The molecule has 0 bridgehead atoms. The highest BCUT2D eigenvalue weighted by molar-refractivity contribution is 7.85. The number of unbranched alkanes of at least 4 members (excludes halogenated alkanes) is 6. The van der Waals surface area contributed by atoms with Crippen molar-refractivity contribution in [3.05, 3.63) is 53.6 Å². The molecule has 1 aromatic carbocycles. The van der Waals surface area contributed by atoms with Gasteiger partial charge in [0.05, 0.1) is 29.2 Å². The predicted molar refractivity (Wildman–Crippen MR) is 133 cm³/mol. The summed E-state index contributed by atoms with van der Waals surface area (Å²) in [6.07, 6.45) is 17.5. The van der Waals surface area contributed by atoms with E-state index < -0.39 is 27.0 Å². The van der Waals surface area contributed by atoms with Gasteiger partial charge in [-0.3, -0.25) is 4.55 Å². The van der Waals surface area contributed by atoms with E-state index in [2.05, 4.69) is 38.2 Å². The Morgan fingerprint density at radius 1 is 0.765 bits per heavy atom. The average Bonchev–Trinajstić information content (AvgIpc) is 2.81. The lowest BCUT2D eigenvalue weighted by atomic mass is 10.1. The number of carbonyl (C=O) groups is 2. The molecule has 1 N–H and O–H groups in total. The van der Waals surface area contributed by atoms with Crippen LogP contribution in [-0.4, -0.2) is 38.1 Å². The van der Waals surface area contributed by atoms with E-state index in [1.165, 1.54) is 0 Å². The van der Waals surface area contributed by atoms with Crippen molar-refractivity contribution in [1.29, 1.82) is 0 Å². The van der Waals surface area contributed by atoms with Gasteiger partial charge >= 0.3 is 11.9 Å². The molecule has 0 amide bonds. The summed E-state index contributed by atoms with van der Waals surface area (Å²) in [7, 11) is -4.55. The van der Waals surface area contributed by atoms with Gasteiger partial charge in [0.25, 0.3) is 10.1 Å². The lowest BCUT2D eigenvalue weighted by Gasteiger charge is -2.11. The fraction of sp³-hybridized carbons (Fsp3) is 0.538. The van der Waals surface area contributed by atoms with E-state index >= 15 is 0 Å². The molecule has 7 nitrogen and oxygen atoms in total. The Morgan fingerprint density at radius 2 is 1.26 bits per heavy atom. The smallest absolute Gasteiger partial charge is 0.339 e. The lowest BCUT2D eigenvalue weighted by Crippen LogP contribution is -2.16. The number of rotatable bonds is 17. The molecule has 8 heteroatoms. The zero-order chi connectivity index (χ0) is 25.2. The Bertz CT molecular complexity index is 917. The van der Waals surface area contributed by atoms with E-state index in [0.29, 0.717) is 12.8 Å². The molecule has 0 aromatic heterocycles. The van der Waals surface area contributed by atoms with E-state index in [9.17, 15) is 22.6 Å². The van der Waals surface area contributed by atoms with Crippen molar-refractivity contribution >= 4 is 22.1 Å². The third-order valence-corrected chi connectivity index (χ3v) is 5.88. The van der Waals surface area contributed by atoms with Gasteiger partial charge in [0.2, 0.25) is 0 Å². The predicted octanol–water partition coefficient (Wildman–Crippen LogP) is 6.30. The molecule has 0 aliphatic rings. The molecule has 0 radical (unpaired) electrons. The second-order valence-corrected chi connectivity index (χ2v) is 9.33. The van der Waals surface area contributed by atoms with Crippen molar-refractivity contribution in [3.63, 3.8) is 0 Å². The van der Waals surface area contributed by atoms with Gasteiger partial charge in [-0.1, -0.05) is 38.2 Å². The first-order valence-corrected chi connectivity index (χ1v) is 13.5. The second kappa shape index (κ2) is 17.1. The van der Waals surface area contributed by atoms with Gasteiger partial charge in [-0.15, -0.1) is 0 Å². The summed E-state index contributed by atoms with van der Waals surface area (Å²) < 4.78 is 42.9. The summed E-state index contributed by atoms with van der Waals surface area (Å²) in [6, 6.07) is 3.17. The van der Waals surface area contributed by atoms with Crippen LogP contribution in [0.1, 0.15) is 98.8 Å². The molecular weight excluding hydrogens is 456 g/mol. The lowest BCUT2D eigenvalue weighted by molar-refractivity contribution is 0.0450. The first kappa shape index (κ1) is 29.6. The molecule has 0 fully saturated rings. The zero-order valence-electron chi connectivity index (χ0n) is 20.3. The number of hydrogen-bond donors (Lipinski definition) is 1. The number of esters is 2. The van der Waals surface area contributed by atoms with E-state index in [1.54, 1.807) is 0 Å². The first-order chi connectivity index (χ1) is 16.3. The van der Waals surface area contributed by atoms with Crippen LogP contribution in [0.3, 0.4) is 0 Å². The topological polar surface area (TPSA) is 107 Å². The summed E-state index contributed by atoms with van der Waals surface area (Å²) >= 11 is 0. The zero-order valence-corrected chi connectivity index (χ0v) is 21.1. The number of carbonyl (C=O) groups excluding carboxylic acids is 2. The van der Waals surface area contributed by atoms with Crippen LogP contribution in [0.15, 0.2) is 47.4 Å². The fourth-order valence-corrected chi connectivity index (χ4v) is 3.67. The van der Waals surface area contributed by atoms with Crippen molar-refractivity contribution in [2.24, 2.45) is 0 Å². The normalized spacial score (nSPS) is 11.9. The summed E-state index contributed by atoms with van der Waals surface area (Å²) in [5.74, 6) is -1.56. The van der Waals surface area contributed by atoms with Gasteiger partial charge in [0.1, 0.15) is 0 Å². The van der Waals surface area contributed by atoms with Crippen LogP contribution in [0.25, 0.3) is 0 Å². The summed E-state index contributed by atoms with van der Waals surface area (Å²) in [5.41, 5.74) is -0.330. The second-order valence-electron chi connectivity index (χ2n) is 7.91. The molecule has 0 spiro atoms. The van der Waals surface area contributed by atoms with Gasteiger partial charge in [-0.2, -0.15) is 8.42 Å². The monoisotopic (exact) mass is 494 g/mol. The Labute approximate surface area is 204 Å². The minimum absolute atomic E-state index is 0.0898. The Morgan fingerprint density at radius 3 is 1.74 bits per heavy atom. The SMILES string of the molecule is CC/C=C/CCCCCOC(=O)c1ccc(S(=O)(=O)O)cc1C(=O)OCCCCC/C=C/CC. The van der Waals surface area contributed by atoms with Crippen LogP contribution >= 0.6 is 0 Å². The molecule has 1 rings (SSSR count). The van der Waals surface area contributed by atoms with E-state index in [0.717, 1.165) is 69.6 Å². The van der Waals surface area contributed by atoms with Gasteiger partial charge in [-0.05, 0) is 82.4 Å². The average molecular weight is 495 g/mol. The maximum atomic E-state index is 12.6. The molecule has 0 atom stereocenters. The standard InChI is InChI=1S/C26H38O7S/c1-3-5-7-9-11-13-15-19-32-25(27)23-18-17-22(34(29,30)31)21-24(23)26(28)33-20-16-14-12-10-8-6-4-2/h5-8,17-18,21H,3-4,9-16,19-20H2,1-2H3,(H,29,30,31)/b7-5+,8-6+. The number of hydrogen-bond acceptors (Lipinski definition) is 6. The van der Waals surface area contributed by atoms with Crippen LogP contribution in [0.4, 0.5) is 0 Å². The van der Waals surface area contributed by atoms with Gasteiger partial charge in [0, 0.05) is 0 Å². The summed E-state index contributed by atoms with van der Waals surface area (Å²) in [5, 5.41) is 0. The maximum Gasteiger partial charge on any atom is 0.339 e. The maximum absolute atomic E-state index is 12.6. The van der Waals surface area contributed by atoms with E-state index in [1.807, 2.05) is 0 Å². The van der Waals surface area contributed by atoms with Crippen LogP contribution in [0, 0.1) is 0 Å². The van der Waals surface area contributed by atoms with E-state index in [4.69, 9.17) is 9.47 Å². The highest BCUT2D eigenvalue weighted by Gasteiger charge is 2.23. The Balaban J connectivity index is 2.68. The molecule has 0 aliphatic carbocycles. The van der Waals surface area contributed by atoms with Crippen LogP contribution in [0.5, 0.6) is 0 Å². The highest BCUT2D eigenvalue weighted by Crippen LogP contribution is 2.19. The minimum Gasteiger partial charge on any atom is -0.462 e. The number of ether oxygens (including phenoxy) is 2. The van der Waals surface area contributed by atoms with Crippen molar-refractivity contribution in [3.8, 4) is 0 Å². The summed E-state index contributed by atoms with van der Waals surface area (Å²) in [4.78, 5) is 24.7. The van der Waals surface area contributed by atoms with Crippen LogP contribution < -0.4 is 0 Å². The fourth-order valence-electron chi connectivity index (χ4n) is 3.17. The molecule has 0 saturated heterocycles. The van der Waals surface area contributed by atoms with E-state index in [-0.39, 0.29) is 24.3 Å². The Hall–Kier alpha value is -2.45. The molecule has 0 saturated carbocycles. The third-order valence-electron chi connectivity index (χ3n) is 5.03. The number of allylic oxidation sites excluding steroid dienone is 4. The Kier molecular flexibility index (Phi) is 14.8. The molecule has 34 heavy (non-hydrogen) atoms. The molecule has 0 aliphatic heterocycles. The van der Waals surface area contributed by atoms with Crippen molar-refractivity contribution < 1.29 is 32.0 Å². The van der Waals surface area contributed by atoms with Gasteiger partial charge in [0.15, 0.2) is 0 Å². The molecule has 0 heterocycles.